The fraction of sp³-hybridized carbons (Fsp3) is 0.500. The zero-order valence-electron chi connectivity index (χ0n) is 11.0. The summed E-state index contributed by atoms with van der Waals surface area (Å²) in [6.07, 6.45) is 2.28. The number of nitrogens with zero attached hydrogens (tertiary/aromatic N) is 2. The summed E-state index contributed by atoms with van der Waals surface area (Å²) in [4.78, 5) is 17.3. The first kappa shape index (κ1) is 12.8. The van der Waals surface area contributed by atoms with Crippen molar-refractivity contribution in [2.75, 3.05) is 20.1 Å². The van der Waals surface area contributed by atoms with Crippen molar-refractivity contribution in [3.8, 4) is 0 Å². The highest BCUT2D eigenvalue weighted by Gasteiger charge is 2.19. The molecular weight excluding hydrogens is 262 g/mol. The van der Waals surface area contributed by atoms with E-state index in [4.69, 9.17) is 11.6 Å². The van der Waals surface area contributed by atoms with Crippen LogP contribution < -0.4 is 5.69 Å². The molecule has 3 rings (SSSR count). The molecule has 0 atom stereocenters. The summed E-state index contributed by atoms with van der Waals surface area (Å²) in [6, 6.07) is 5.59. The summed E-state index contributed by atoms with van der Waals surface area (Å²) < 4.78 is 1.80. The molecule has 2 aromatic rings. The number of halogens is 1. The predicted molar refractivity (Wildman–Crippen MR) is 77.8 cm³/mol. The molecule has 0 radical (unpaired) electrons. The van der Waals surface area contributed by atoms with Crippen molar-refractivity contribution in [2.45, 2.75) is 19.4 Å². The van der Waals surface area contributed by atoms with Crippen LogP contribution in [0.5, 0.6) is 0 Å². The largest absolute Gasteiger partial charge is 0.326 e. The van der Waals surface area contributed by atoms with Crippen molar-refractivity contribution < 1.29 is 0 Å². The van der Waals surface area contributed by atoms with Gasteiger partial charge in [0, 0.05) is 6.54 Å². The third-order valence-electron chi connectivity index (χ3n) is 4.02. The molecule has 1 aliphatic rings. The average molecular weight is 280 g/mol. The molecule has 0 amide bonds. The van der Waals surface area contributed by atoms with Gasteiger partial charge in [0.25, 0.3) is 0 Å². The summed E-state index contributed by atoms with van der Waals surface area (Å²) in [5.74, 6) is 0.559. The van der Waals surface area contributed by atoms with E-state index in [2.05, 4.69) is 16.9 Å². The van der Waals surface area contributed by atoms with Crippen LogP contribution in [0.1, 0.15) is 12.8 Å². The minimum Gasteiger partial charge on any atom is -0.306 e. The minimum absolute atomic E-state index is 0.0537. The number of hydrogen-bond acceptors (Lipinski definition) is 2. The molecule has 19 heavy (non-hydrogen) atoms. The second kappa shape index (κ2) is 5.02. The van der Waals surface area contributed by atoms with Crippen LogP contribution in [-0.2, 0) is 6.54 Å². The van der Waals surface area contributed by atoms with Gasteiger partial charge in [0.05, 0.1) is 16.1 Å². The predicted octanol–water partition coefficient (Wildman–Crippen LogP) is 2.32. The first-order valence-electron chi connectivity index (χ1n) is 6.70. The van der Waals surface area contributed by atoms with Crippen LogP contribution in [0.4, 0.5) is 0 Å². The molecule has 4 nitrogen and oxygen atoms in total. The van der Waals surface area contributed by atoms with E-state index >= 15 is 0 Å². The normalized spacial score (nSPS) is 18.2. The average Bonchev–Trinajstić information content (AvgIpc) is 2.70. The van der Waals surface area contributed by atoms with Crippen molar-refractivity contribution in [2.24, 2.45) is 5.92 Å². The monoisotopic (exact) mass is 279 g/mol. The Morgan fingerprint density at radius 1 is 1.37 bits per heavy atom. The number of likely N-dealkylation sites (tertiary alicyclic amines) is 1. The molecule has 1 saturated heterocycles. The smallest absolute Gasteiger partial charge is 0.306 e. The number of para-hydroxylation sites is 1. The zero-order valence-corrected chi connectivity index (χ0v) is 11.8. The van der Waals surface area contributed by atoms with Crippen molar-refractivity contribution in [1.82, 2.24) is 14.5 Å². The zero-order chi connectivity index (χ0) is 13.4. The molecule has 5 heteroatoms. The number of benzene rings is 1. The highest BCUT2D eigenvalue weighted by molar-refractivity contribution is 6.34. The Hall–Kier alpha value is -1.26. The second-order valence-electron chi connectivity index (χ2n) is 5.42. The Morgan fingerprint density at radius 2 is 2.11 bits per heavy atom. The molecule has 0 unspecified atom stereocenters. The van der Waals surface area contributed by atoms with Crippen LogP contribution in [0.3, 0.4) is 0 Å². The van der Waals surface area contributed by atoms with Crippen LogP contribution in [0.25, 0.3) is 11.0 Å². The number of aromatic amines is 1. The number of imidazole rings is 1. The van der Waals surface area contributed by atoms with Crippen LogP contribution in [0, 0.1) is 5.92 Å². The number of nitrogens with one attached hydrogen (secondary N) is 1. The molecule has 1 aliphatic heterocycles. The van der Waals surface area contributed by atoms with E-state index in [0.29, 0.717) is 10.9 Å². The van der Waals surface area contributed by atoms with Crippen LogP contribution >= 0.6 is 11.6 Å². The number of aromatic nitrogens is 2. The quantitative estimate of drug-likeness (QED) is 0.917. The van der Waals surface area contributed by atoms with Crippen LogP contribution in [0.2, 0.25) is 5.02 Å². The Labute approximate surface area is 117 Å². The SMILES string of the molecule is CN1CCC(Cn2c(=O)[nH]c3cccc(Cl)c32)CC1. The van der Waals surface area contributed by atoms with Gasteiger partial charge < -0.3 is 9.88 Å². The summed E-state index contributed by atoms with van der Waals surface area (Å²) in [7, 11) is 2.14. The van der Waals surface area contributed by atoms with Gasteiger partial charge in [-0.2, -0.15) is 0 Å². The van der Waals surface area contributed by atoms with Crippen LogP contribution in [-0.4, -0.2) is 34.6 Å². The molecule has 1 fully saturated rings. The molecule has 1 N–H and O–H groups in total. The fourth-order valence-corrected chi connectivity index (χ4v) is 3.13. The van der Waals surface area contributed by atoms with Gasteiger partial charge in [0.15, 0.2) is 0 Å². The van der Waals surface area contributed by atoms with Gasteiger partial charge in [-0.25, -0.2) is 4.79 Å². The molecule has 1 aromatic carbocycles. The molecule has 0 aliphatic carbocycles. The standard InChI is InChI=1S/C14H18ClN3O/c1-17-7-5-10(6-8-17)9-18-13-11(15)3-2-4-12(13)16-14(18)19/h2-4,10H,5-9H2,1H3,(H,16,19). The maximum absolute atomic E-state index is 12.1. The van der Waals surface area contributed by atoms with Gasteiger partial charge >= 0.3 is 5.69 Å². The van der Waals surface area contributed by atoms with Gasteiger partial charge in [-0.15, -0.1) is 0 Å². The number of fused-ring (bicyclic) bond motifs is 1. The minimum atomic E-state index is -0.0537. The van der Waals surface area contributed by atoms with Crippen molar-refractivity contribution in [3.63, 3.8) is 0 Å². The van der Waals surface area contributed by atoms with Gasteiger partial charge in [-0.3, -0.25) is 4.57 Å². The van der Waals surface area contributed by atoms with Gasteiger partial charge in [-0.05, 0) is 51.0 Å². The first-order valence-corrected chi connectivity index (χ1v) is 7.08. The van der Waals surface area contributed by atoms with E-state index in [-0.39, 0.29) is 5.69 Å². The molecule has 102 valence electrons. The Bertz CT molecular complexity index is 638. The topological polar surface area (TPSA) is 41.0 Å². The lowest BCUT2D eigenvalue weighted by atomic mass is 9.97. The highest BCUT2D eigenvalue weighted by Crippen LogP contribution is 2.24. The molecule has 0 bridgehead atoms. The lowest BCUT2D eigenvalue weighted by Crippen LogP contribution is -2.33. The molecule has 1 aromatic heterocycles. The van der Waals surface area contributed by atoms with Gasteiger partial charge in [-0.1, -0.05) is 17.7 Å². The first-order chi connectivity index (χ1) is 9.15. The second-order valence-corrected chi connectivity index (χ2v) is 5.83. The summed E-state index contributed by atoms with van der Waals surface area (Å²) >= 11 is 6.23. The number of rotatable bonds is 2. The van der Waals surface area contributed by atoms with E-state index in [0.717, 1.165) is 43.5 Å². The summed E-state index contributed by atoms with van der Waals surface area (Å²) in [5.41, 5.74) is 1.61. The lowest BCUT2D eigenvalue weighted by molar-refractivity contribution is 0.205. The highest BCUT2D eigenvalue weighted by atomic mass is 35.5. The van der Waals surface area contributed by atoms with Crippen molar-refractivity contribution in [1.29, 1.82) is 0 Å². The van der Waals surface area contributed by atoms with E-state index in [1.54, 1.807) is 4.57 Å². The number of H-pyrrole nitrogens is 1. The Kier molecular flexibility index (Phi) is 3.37. The van der Waals surface area contributed by atoms with Gasteiger partial charge in [0.1, 0.15) is 0 Å². The molecular formula is C14H18ClN3O. The third-order valence-corrected chi connectivity index (χ3v) is 4.33. The van der Waals surface area contributed by atoms with E-state index in [1.807, 2.05) is 18.2 Å². The van der Waals surface area contributed by atoms with Gasteiger partial charge in [0.2, 0.25) is 0 Å². The molecule has 2 heterocycles. The lowest BCUT2D eigenvalue weighted by Gasteiger charge is -2.29. The maximum Gasteiger partial charge on any atom is 0.326 e. The molecule has 0 saturated carbocycles. The third kappa shape index (κ3) is 2.42. The molecule has 0 spiro atoms. The summed E-state index contributed by atoms with van der Waals surface area (Å²) in [5, 5.41) is 0.642. The van der Waals surface area contributed by atoms with Crippen molar-refractivity contribution >= 4 is 22.6 Å². The fourth-order valence-electron chi connectivity index (χ4n) is 2.85. The number of piperidine rings is 1. The van der Waals surface area contributed by atoms with E-state index < -0.39 is 0 Å². The van der Waals surface area contributed by atoms with E-state index in [1.165, 1.54) is 0 Å². The maximum atomic E-state index is 12.1. The number of hydrogen-bond donors (Lipinski definition) is 1. The summed E-state index contributed by atoms with van der Waals surface area (Å²) in [6.45, 7) is 2.97. The van der Waals surface area contributed by atoms with Crippen molar-refractivity contribution in [3.05, 3.63) is 33.7 Å². The van der Waals surface area contributed by atoms with E-state index in [9.17, 15) is 4.79 Å². The van der Waals surface area contributed by atoms with Crippen LogP contribution in [0.15, 0.2) is 23.0 Å². The Balaban J connectivity index is 1.92. The Morgan fingerprint density at radius 3 is 2.84 bits per heavy atom.